The molecular weight excluding hydrogens is 485 g/mol. The van der Waals surface area contributed by atoms with Crippen molar-refractivity contribution in [1.29, 1.82) is 0 Å². The van der Waals surface area contributed by atoms with Crippen LogP contribution >= 0.6 is 0 Å². The Labute approximate surface area is 197 Å². The molecule has 2 aromatic carbocycles. The molecule has 0 saturated heterocycles. The van der Waals surface area contributed by atoms with Crippen molar-refractivity contribution in [1.82, 2.24) is 19.7 Å². The third-order valence-corrected chi connectivity index (χ3v) is 6.87. The first-order chi connectivity index (χ1) is 16.3. The van der Waals surface area contributed by atoms with Crippen LogP contribution in [0.25, 0.3) is 11.0 Å². The molecule has 2 aromatic heterocycles. The van der Waals surface area contributed by atoms with E-state index in [2.05, 4.69) is 26.3 Å². The van der Waals surface area contributed by atoms with Gasteiger partial charge in [0.05, 0.1) is 25.9 Å². The van der Waals surface area contributed by atoms with E-state index >= 15 is 0 Å². The number of rotatable bonds is 10. The zero-order valence-corrected chi connectivity index (χ0v) is 19.5. The van der Waals surface area contributed by atoms with Crippen LogP contribution in [0.1, 0.15) is 11.3 Å². The quantitative estimate of drug-likeness (QED) is 0.339. The zero-order chi connectivity index (χ0) is 24.3. The number of ether oxygens (including phenoxy) is 1. The van der Waals surface area contributed by atoms with Crippen LogP contribution < -0.4 is 14.2 Å². The number of methoxy groups -OCH3 is 1. The largest absolute Gasteiger partial charge is 0.496 e. The molecule has 13 heteroatoms. The minimum absolute atomic E-state index is 0.121. The minimum atomic E-state index is -4.25. The first-order valence-corrected chi connectivity index (χ1v) is 12.5. The summed E-state index contributed by atoms with van der Waals surface area (Å²) in [6.45, 7) is 4.11. The molecule has 34 heavy (non-hydrogen) atoms. The maximum absolute atomic E-state index is 14.0. The molecule has 10 nitrogen and oxygen atoms in total. The molecule has 0 fully saturated rings. The predicted octanol–water partition coefficient (Wildman–Crippen LogP) is 2.92. The van der Waals surface area contributed by atoms with E-state index in [4.69, 9.17) is 9.26 Å². The van der Waals surface area contributed by atoms with Crippen molar-refractivity contribution in [2.75, 3.05) is 11.8 Å². The molecular formula is C21H20FN5O5S2. The highest BCUT2D eigenvalue weighted by atomic mass is 32.2. The number of nitrogens with zero attached hydrogens (tertiary/aromatic N) is 3. The van der Waals surface area contributed by atoms with Gasteiger partial charge in [-0.3, -0.25) is 9.40 Å². The van der Waals surface area contributed by atoms with Crippen molar-refractivity contribution in [3.63, 3.8) is 0 Å². The van der Waals surface area contributed by atoms with Gasteiger partial charge in [0.15, 0.2) is 11.4 Å². The number of nitrogens with one attached hydrogen (secondary N) is 2. The summed E-state index contributed by atoms with van der Waals surface area (Å²) in [4.78, 5) is -0.511. The van der Waals surface area contributed by atoms with Crippen molar-refractivity contribution < 1.29 is 26.3 Å². The molecule has 2 N–H and O–H groups in total. The number of hydrogen-bond donors (Lipinski definition) is 2. The van der Waals surface area contributed by atoms with Crippen molar-refractivity contribution >= 4 is 37.8 Å². The summed E-state index contributed by atoms with van der Waals surface area (Å²) in [5, 5.41) is 9.81. The first kappa shape index (κ1) is 23.6. The van der Waals surface area contributed by atoms with Crippen LogP contribution in [-0.4, -0.2) is 34.7 Å². The molecule has 4 aromatic rings. The normalized spacial score (nSPS) is 12.5. The van der Waals surface area contributed by atoms with Gasteiger partial charge in [-0.1, -0.05) is 23.9 Å². The van der Waals surface area contributed by atoms with Crippen molar-refractivity contribution in [3.05, 3.63) is 77.7 Å². The summed E-state index contributed by atoms with van der Waals surface area (Å²) in [5.74, 6) is -0.693. The predicted molar refractivity (Wildman–Crippen MR) is 124 cm³/mol. The average molecular weight is 506 g/mol. The van der Waals surface area contributed by atoms with Gasteiger partial charge in [-0.25, -0.2) is 21.7 Å². The summed E-state index contributed by atoms with van der Waals surface area (Å²) in [6, 6.07) is 10.2. The number of hydrogen-bond acceptors (Lipinski definition) is 7. The SMILES string of the molecule is C=CS(=O)NCc1ccn(Cc2cc(OC)c3c(NS(=O)(=O)c4ccccc4F)noc3c2)n1. The van der Waals surface area contributed by atoms with Gasteiger partial charge in [0.25, 0.3) is 10.0 Å². The molecule has 4 rings (SSSR count). The van der Waals surface area contributed by atoms with Crippen LogP contribution in [0.3, 0.4) is 0 Å². The van der Waals surface area contributed by atoms with Crippen LogP contribution in [0.5, 0.6) is 5.75 Å². The summed E-state index contributed by atoms with van der Waals surface area (Å²) in [6.07, 6.45) is 1.76. The molecule has 1 atom stereocenters. The Morgan fingerprint density at radius 1 is 1.29 bits per heavy atom. The molecule has 0 aliphatic heterocycles. The van der Waals surface area contributed by atoms with E-state index in [0.717, 1.165) is 17.7 Å². The number of halogens is 1. The fraction of sp³-hybridized carbons (Fsp3) is 0.143. The third kappa shape index (κ3) is 5.00. The molecule has 2 heterocycles. The summed E-state index contributed by atoms with van der Waals surface area (Å²) in [7, 11) is -4.16. The highest BCUT2D eigenvalue weighted by Crippen LogP contribution is 2.35. The summed E-state index contributed by atoms with van der Waals surface area (Å²) in [5.41, 5.74) is 1.71. The number of anilines is 1. The standard InChI is InChI=1S/C21H20FN5O5S2/c1-3-33(28)23-12-15-8-9-27(24-15)13-14-10-17(31-2)20-18(11-14)32-25-21(20)26-34(29,30)19-7-5-4-6-16(19)22/h3-11,23H,1,12-13H2,2H3,(H,25,26). The van der Waals surface area contributed by atoms with E-state index in [1.54, 1.807) is 29.1 Å². The van der Waals surface area contributed by atoms with Gasteiger partial charge in [-0.2, -0.15) is 5.10 Å². The highest BCUT2D eigenvalue weighted by molar-refractivity contribution is 7.92. The van der Waals surface area contributed by atoms with Crippen molar-refractivity contribution in [2.45, 2.75) is 18.0 Å². The van der Waals surface area contributed by atoms with E-state index in [-0.39, 0.29) is 11.4 Å². The smallest absolute Gasteiger partial charge is 0.266 e. The lowest BCUT2D eigenvalue weighted by Crippen LogP contribution is -2.15. The first-order valence-electron chi connectivity index (χ1n) is 9.83. The van der Waals surface area contributed by atoms with Gasteiger partial charge in [0.1, 0.15) is 32.8 Å². The van der Waals surface area contributed by atoms with Gasteiger partial charge < -0.3 is 9.26 Å². The van der Waals surface area contributed by atoms with Crippen LogP contribution in [0.15, 0.2) is 70.1 Å². The topological polar surface area (TPSA) is 128 Å². The second kappa shape index (κ2) is 9.75. The lowest BCUT2D eigenvalue weighted by atomic mass is 10.1. The molecule has 0 spiro atoms. The molecule has 178 valence electrons. The van der Waals surface area contributed by atoms with Crippen LogP contribution in [0, 0.1) is 5.82 Å². The van der Waals surface area contributed by atoms with E-state index < -0.39 is 31.7 Å². The van der Waals surface area contributed by atoms with Crippen molar-refractivity contribution in [3.8, 4) is 5.75 Å². The molecule has 1 unspecified atom stereocenters. The molecule has 0 aliphatic rings. The fourth-order valence-corrected chi connectivity index (χ4v) is 4.73. The molecule has 0 aliphatic carbocycles. The molecule has 0 saturated carbocycles. The molecule has 0 bridgehead atoms. The van der Waals surface area contributed by atoms with Crippen LogP contribution in [0.4, 0.5) is 10.2 Å². The van der Waals surface area contributed by atoms with Gasteiger partial charge in [-0.15, -0.1) is 0 Å². The van der Waals surface area contributed by atoms with Crippen molar-refractivity contribution in [2.24, 2.45) is 0 Å². The van der Waals surface area contributed by atoms with Gasteiger partial charge in [0.2, 0.25) is 0 Å². The van der Waals surface area contributed by atoms with E-state index in [1.807, 2.05) is 0 Å². The van der Waals surface area contributed by atoms with Gasteiger partial charge in [0, 0.05) is 11.6 Å². The fourth-order valence-electron chi connectivity index (χ4n) is 3.23. The van der Waals surface area contributed by atoms with Gasteiger partial charge >= 0.3 is 0 Å². The highest BCUT2D eigenvalue weighted by Gasteiger charge is 2.24. The molecule has 0 radical (unpaired) electrons. The van der Waals surface area contributed by atoms with Crippen LogP contribution in [-0.2, 0) is 34.1 Å². The maximum Gasteiger partial charge on any atom is 0.266 e. The monoisotopic (exact) mass is 505 g/mol. The third-order valence-electron chi connectivity index (χ3n) is 4.76. The Balaban J connectivity index is 1.59. The maximum atomic E-state index is 14.0. The molecule has 0 amide bonds. The Hall–Kier alpha value is -3.55. The van der Waals surface area contributed by atoms with Crippen LogP contribution in [0.2, 0.25) is 0 Å². The number of aromatic nitrogens is 3. The number of fused-ring (bicyclic) bond motifs is 1. The lowest BCUT2D eigenvalue weighted by molar-refractivity contribution is 0.418. The number of benzene rings is 2. The van der Waals surface area contributed by atoms with E-state index in [1.165, 1.54) is 24.7 Å². The second-order valence-corrected chi connectivity index (χ2v) is 9.90. The summed E-state index contributed by atoms with van der Waals surface area (Å²) < 4.78 is 68.3. The zero-order valence-electron chi connectivity index (χ0n) is 17.9. The lowest BCUT2D eigenvalue weighted by Gasteiger charge is -2.09. The van der Waals surface area contributed by atoms with E-state index in [0.29, 0.717) is 29.9 Å². The summed E-state index contributed by atoms with van der Waals surface area (Å²) >= 11 is 0. The average Bonchev–Trinajstić information content (AvgIpc) is 3.43. The second-order valence-electron chi connectivity index (χ2n) is 7.03. The Morgan fingerprint density at radius 2 is 2.09 bits per heavy atom. The Kier molecular flexibility index (Phi) is 6.77. The van der Waals surface area contributed by atoms with E-state index in [9.17, 15) is 17.0 Å². The Morgan fingerprint density at radius 3 is 2.82 bits per heavy atom. The number of sulfonamides is 1. The Bertz CT molecular complexity index is 1480. The van der Waals surface area contributed by atoms with Gasteiger partial charge in [-0.05, 0) is 35.9 Å². The minimum Gasteiger partial charge on any atom is -0.496 e.